The molecule has 1 fully saturated rings. The molecule has 0 radical (unpaired) electrons. The summed E-state index contributed by atoms with van der Waals surface area (Å²) in [5.41, 5.74) is 10.1. The molecule has 20 heavy (non-hydrogen) atoms. The van der Waals surface area contributed by atoms with E-state index in [1.54, 1.807) is 0 Å². The zero-order valence-electron chi connectivity index (χ0n) is 11.9. The number of hydrogen-bond acceptors (Lipinski definition) is 2. The fourth-order valence-electron chi connectivity index (χ4n) is 2.39. The predicted molar refractivity (Wildman–Crippen MR) is 81.9 cm³/mol. The van der Waals surface area contributed by atoms with E-state index in [2.05, 4.69) is 43.3 Å². The van der Waals surface area contributed by atoms with E-state index < -0.39 is 0 Å². The number of benzene rings is 2. The molecule has 0 aliphatic heterocycles. The average molecular weight is 267 g/mol. The quantitative estimate of drug-likeness (QED) is 0.894. The SMILES string of the molecule is Cc1ccccc1CC(N)c1cccc(OC2CC2)c1. The largest absolute Gasteiger partial charge is 0.490 e. The summed E-state index contributed by atoms with van der Waals surface area (Å²) in [6.07, 6.45) is 3.65. The van der Waals surface area contributed by atoms with E-state index in [-0.39, 0.29) is 6.04 Å². The Balaban J connectivity index is 1.72. The highest BCUT2D eigenvalue weighted by Gasteiger charge is 2.23. The Morgan fingerprint density at radius 2 is 1.95 bits per heavy atom. The van der Waals surface area contributed by atoms with Gasteiger partial charge in [0.1, 0.15) is 5.75 Å². The summed E-state index contributed by atoms with van der Waals surface area (Å²) in [6.45, 7) is 2.13. The van der Waals surface area contributed by atoms with E-state index in [9.17, 15) is 0 Å². The van der Waals surface area contributed by atoms with Gasteiger partial charge in [0, 0.05) is 6.04 Å². The molecule has 0 saturated heterocycles. The lowest BCUT2D eigenvalue weighted by molar-refractivity contribution is 0.302. The smallest absolute Gasteiger partial charge is 0.120 e. The van der Waals surface area contributed by atoms with Gasteiger partial charge in [-0.25, -0.2) is 0 Å². The van der Waals surface area contributed by atoms with Crippen LogP contribution in [0.25, 0.3) is 0 Å². The lowest BCUT2D eigenvalue weighted by Crippen LogP contribution is -2.14. The van der Waals surface area contributed by atoms with E-state index in [0.29, 0.717) is 6.10 Å². The summed E-state index contributed by atoms with van der Waals surface area (Å²) in [5.74, 6) is 0.949. The third-order valence-corrected chi connectivity index (χ3v) is 3.81. The molecule has 1 saturated carbocycles. The van der Waals surface area contributed by atoms with Crippen molar-refractivity contribution in [2.24, 2.45) is 5.73 Å². The second-order valence-electron chi connectivity index (χ2n) is 5.63. The van der Waals surface area contributed by atoms with Crippen LogP contribution < -0.4 is 10.5 Å². The van der Waals surface area contributed by atoms with Crippen molar-refractivity contribution in [3.8, 4) is 5.75 Å². The molecular formula is C18H21NO. The molecule has 1 unspecified atom stereocenters. The Morgan fingerprint density at radius 3 is 2.70 bits per heavy atom. The van der Waals surface area contributed by atoms with Crippen LogP contribution in [0.3, 0.4) is 0 Å². The van der Waals surface area contributed by atoms with Gasteiger partial charge < -0.3 is 10.5 Å². The van der Waals surface area contributed by atoms with Crippen LogP contribution in [0, 0.1) is 6.92 Å². The summed E-state index contributed by atoms with van der Waals surface area (Å²) in [7, 11) is 0. The first-order valence-corrected chi connectivity index (χ1v) is 7.29. The molecule has 2 aromatic rings. The monoisotopic (exact) mass is 267 g/mol. The summed E-state index contributed by atoms with van der Waals surface area (Å²) in [6, 6.07) is 16.7. The second kappa shape index (κ2) is 5.68. The summed E-state index contributed by atoms with van der Waals surface area (Å²) >= 11 is 0. The fourth-order valence-corrected chi connectivity index (χ4v) is 2.39. The maximum absolute atomic E-state index is 6.36. The van der Waals surface area contributed by atoms with Crippen molar-refractivity contribution in [3.05, 3.63) is 65.2 Å². The molecule has 0 heterocycles. The second-order valence-corrected chi connectivity index (χ2v) is 5.63. The Bertz CT molecular complexity index is 589. The topological polar surface area (TPSA) is 35.2 Å². The van der Waals surface area contributed by atoms with E-state index in [0.717, 1.165) is 17.7 Å². The molecule has 0 bridgehead atoms. The molecule has 0 amide bonds. The number of aryl methyl sites for hydroxylation is 1. The number of nitrogens with two attached hydrogens (primary N) is 1. The Hall–Kier alpha value is -1.80. The van der Waals surface area contributed by atoms with Crippen molar-refractivity contribution in [1.29, 1.82) is 0 Å². The van der Waals surface area contributed by atoms with Gasteiger partial charge in [-0.2, -0.15) is 0 Å². The third kappa shape index (κ3) is 3.20. The lowest BCUT2D eigenvalue weighted by Gasteiger charge is -2.15. The van der Waals surface area contributed by atoms with Crippen molar-refractivity contribution in [3.63, 3.8) is 0 Å². The first-order chi connectivity index (χ1) is 9.72. The predicted octanol–water partition coefficient (Wildman–Crippen LogP) is 3.78. The number of rotatable bonds is 5. The van der Waals surface area contributed by atoms with Crippen LogP contribution >= 0.6 is 0 Å². The highest BCUT2D eigenvalue weighted by Crippen LogP contribution is 2.28. The molecule has 2 aromatic carbocycles. The standard InChI is InChI=1S/C18H21NO/c1-13-5-2-3-6-14(13)12-18(19)15-7-4-8-17(11-15)20-16-9-10-16/h2-8,11,16,18H,9-10,12,19H2,1H3. The molecule has 2 nitrogen and oxygen atoms in total. The molecule has 2 N–H and O–H groups in total. The molecule has 0 aromatic heterocycles. The maximum atomic E-state index is 6.36. The van der Waals surface area contributed by atoms with E-state index in [1.807, 2.05) is 12.1 Å². The van der Waals surface area contributed by atoms with Crippen LogP contribution in [0.2, 0.25) is 0 Å². The van der Waals surface area contributed by atoms with Crippen LogP contribution in [0.4, 0.5) is 0 Å². The van der Waals surface area contributed by atoms with Gasteiger partial charge in [-0.1, -0.05) is 36.4 Å². The van der Waals surface area contributed by atoms with Crippen LogP contribution in [0.1, 0.15) is 35.6 Å². The van der Waals surface area contributed by atoms with Crippen molar-refractivity contribution in [2.75, 3.05) is 0 Å². The minimum Gasteiger partial charge on any atom is -0.490 e. The highest BCUT2D eigenvalue weighted by atomic mass is 16.5. The van der Waals surface area contributed by atoms with Gasteiger partial charge in [-0.3, -0.25) is 0 Å². The fraction of sp³-hybridized carbons (Fsp3) is 0.333. The van der Waals surface area contributed by atoms with Crippen molar-refractivity contribution in [1.82, 2.24) is 0 Å². The molecule has 1 aliphatic carbocycles. The minimum absolute atomic E-state index is 0.0128. The highest BCUT2D eigenvalue weighted by molar-refractivity contribution is 5.33. The normalized spacial score (nSPS) is 15.9. The molecule has 1 aliphatic rings. The summed E-state index contributed by atoms with van der Waals surface area (Å²) < 4.78 is 5.83. The number of ether oxygens (including phenoxy) is 1. The van der Waals surface area contributed by atoms with E-state index in [4.69, 9.17) is 10.5 Å². The Morgan fingerprint density at radius 1 is 1.15 bits per heavy atom. The molecule has 104 valence electrons. The Labute approximate surface area is 120 Å². The van der Waals surface area contributed by atoms with Gasteiger partial charge >= 0.3 is 0 Å². The van der Waals surface area contributed by atoms with Crippen LogP contribution in [0.15, 0.2) is 48.5 Å². The van der Waals surface area contributed by atoms with Crippen LogP contribution in [0.5, 0.6) is 5.75 Å². The lowest BCUT2D eigenvalue weighted by atomic mass is 9.97. The van der Waals surface area contributed by atoms with Gasteiger partial charge in [0.25, 0.3) is 0 Å². The van der Waals surface area contributed by atoms with E-state index in [1.165, 1.54) is 24.0 Å². The van der Waals surface area contributed by atoms with Crippen molar-refractivity contribution >= 4 is 0 Å². The van der Waals surface area contributed by atoms with E-state index >= 15 is 0 Å². The average Bonchev–Trinajstić information content (AvgIpc) is 3.25. The van der Waals surface area contributed by atoms with Gasteiger partial charge in [0.15, 0.2) is 0 Å². The van der Waals surface area contributed by atoms with Gasteiger partial charge in [0.05, 0.1) is 6.10 Å². The molecule has 2 heteroatoms. The summed E-state index contributed by atoms with van der Waals surface area (Å²) in [4.78, 5) is 0. The Kier molecular flexibility index (Phi) is 3.75. The van der Waals surface area contributed by atoms with Crippen molar-refractivity contribution < 1.29 is 4.74 Å². The third-order valence-electron chi connectivity index (χ3n) is 3.81. The van der Waals surface area contributed by atoms with Crippen molar-refractivity contribution in [2.45, 2.75) is 38.3 Å². The molecule has 3 rings (SSSR count). The number of hydrogen-bond donors (Lipinski definition) is 1. The zero-order valence-corrected chi connectivity index (χ0v) is 11.9. The molecule has 0 spiro atoms. The molecular weight excluding hydrogens is 246 g/mol. The van der Waals surface area contributed by atoms with Gasteiger partial charge in [-0.05, 0) is 55.0 Å². The zero-order chi connectivity index (χ0) is 13.9. The van der Waals surface area contributed by atoms with Gasteiger partial charge in [-0.15, -0.1) is 0 Å². The first-order valence-electron chi connectivity index (χ1n) is 7.29. The maximum Gasteiger partial charge on any atom is 0.120 e. The molecule has 1 atom stereocenters. The van der Waals surface area contributed by atoms with Crippen LogP contribution in [-0.2, 0) is 6.42 Å². The van der Waals surface area contributed by atoms with Crippen LogP contribution in [-0.4, -0.2) is 6.10 Å². The van der Waals surface area contributed by atoms with Gasteiger partial charge in [0.2, 0.25) is 0 Å². The minimum atomic E-state index is 0.0128. The summed E-state index contributed by atoms with van der Waals surface area (Å²) in [5, 5.41) is 0. The first kappa shape index (κ1) is 13.2.